The number of carboxylic acids is 1. The van der Waals surface area contributed by atoms with Gasteiger partial charge in [-0.1, -0.05) is 29.5 Å². The quantitative estimate of drug-likeness (QED) is 0.487. The molecule has 0 spiro atoms. The number of methoxy groups -OCH3 is 1. The van der Waals surface area contributed by atoms with Crippen LogP contribution in [0.2, 0.25) is 0 Å². The molecule has 4 rings (SSSR count). The largest absolute Gasteiger partial charge is 0.497 e. The fraction of sp³-hybridized carbons (Fsp3) is 0.375. The standard InChI is InChI=1S/C24H27N3O5S2/c1-32-19-9-3-16(4-10-19)15-27-23(22(24(28)29)25-26-27)33-20-11-5-17(6-12-20)18-7-13-21(14-8-18)34(2,30)31/h3-4,7-10,13-14,17,20H,5-6,11-12,15H2,1-2H3,(H,28,29)/t17-,20-. The first-order valence-electron chi connectivity index (χ1n) is 11.0. The second kappa shape index (κ2) is 10.2. The van der Waals surface area contributed by atoms with E-state index in [-0.39, 0.29) is 10.9 Å². The third-order valence-electron chi connectivity index (χ3n) is 6.12. The second-order valence-corrected chi connectivity index (χ2v) is 11.8. The molecule has 1 saturated carbocycles. The molecular weight excluding hydrogens is 474 g/mol. The summed E-state index contributed by atoms with van der Waals surface area (Å²) in [5, 5.41) is 18.5. The number of benzene rings is 2. The van der Waals surface area contributed by atoms with Gasteiger partial charge in [-0.2, -0.15) is 0 Å². The van der Waals surface area contributed by atoms with Gasteiger partial charge in [0.1, 0.15) is 10.8 Å². The Balaban J connectivity index is 1.43. The van der Waals surface area contributed by atoms with E-state index in [9.17, 15) is 18.3 Å². The minimum absolute atomic E-state index is 0.0167. The Kier molecular flexibility index (Phi) is 7.27. The molecule has 8 nitrogen and oxygen atoms in total. The molecule has 1 fully saturated rings. The monoisotopic (exact) mass is 501 g/mol. The summed E-state index contributed by atoms with van der Waals surface area (Å²) < 4.78 is 30.3. The van der Waals surface area contributed by atoms with E-state index in [0.29, 0.717) is 22.4 Å². The lowest BCUT2D eigenvalue weighted by molar-refractivity contribution is 0.0686. The Morgan fingerprint density at radius 1 is 1.09 bits per heavy atom. The average Bonchev–Trinajstić information content (AvgIpc) is 3.22. The van der Waals surface area contributed by atoms with Gasteiger partial charge in [-0.05, 0) is 67.0 Å². The van der Waals surface area contributed by atoms with Gasteiger partial charge in [0, 0.05) is 11.5 Å². The summed E-state index contributed by atoms with van der Waals surface area (Å²) in [5.41, 5.74) is 2.11. The van der Waals surface area contributed by atoms with E-state index in [1.165, 1.54) is 18.0 Å². The molecule has 0 bridgehead atoms. The molecule has 1 heterocycles. The van der Waals surface area contributed by atoms with Crippen LogP contribution in [-0.2, 0) is 16.4 Å². The van der Waals surface area contributed by atoms with Crippen LogP contribution in [0.5, 0.6) is 5.75 Å². The molecule has 34 heavy (non-hydrogen) atoms. The van der Waals surface area contributed by atoms with Crippen LogP contribution in [0, 0.1) is 0 Å². The van der Waals surface area contributed by atoms with Crippen molar-refractivity contribution in [2.75, 3.05) is 13.4 Å². The van der Waals surface area contributed by atoms with E-state index in [0.717, 1.165) is 42.6 Å². The lowest BCUT2D eigenvalue weighted by atomic mass is 9.84. The van der Waals surface area contributed by atoms with Crippen LogP contribution in [0.1, 0.15) is 53.2 Å². The molecule has 1 aliphatic carbocycles. The molecule has 0 radical (unpaired) electrons. The molecule has 1 aliphatic rings. The van der Waals surface area contributed by atoms with Crippen LogP contribution in [-0.4, -0.2) is 53.1 Å². The van der Waals surface area contributed by atoms with E-state index in [2.05, 4.69) is 10.3 Å². The molecule has 2 aromatic carbocycles. The van der Waals surface area contributed by atoms with E-state index < -0.39 is 15.8 Å². The first-order chi connectivity index (χ1) is 16.2. The van der Waals surface area contributed by atoms with Crippen molar-refractivity contribution in [2.45, 2.75) is 53.3 Å². The minimum Gasteiger partial charge on any atom is -0.497 e. The maximum absolute atomic E-state index is 11.8. The topological polar surface area (TPSA) is 111 Å². The summed E-state index contributed by atoms with van der Waals surface area (Å²) in [6.45, 7) is 0.425. The Morgan fingerprint density at radius 3 is 2.29 bits per heavy atom. The predicted molar refractivity (Wildman–Crippen MR) is 129 cm³/mol. The van der Waals surface area contributed by atoms with Crippen molar-refractivity contribution in [3.63, 3.8) is 0 Å². The van der Waals surface area contributed by atoms with Gasteiger partial charge < -0.3 is 9.84 Å². The number of thioether (sulfide) groups is 1. The Bertz CT molecular complexity index is 1250. The van der Waals surface area contributed by atoms with Crippen molar-refractivity contribution >= 4 is 27.6 Å². The highest BCUT2D eigenvalue weighted by atomic mass is 32.2. The first kappa shape index (κ1) is 24.3. The molecular formula is C24H27N3O5S2. The summed E-state index contributed by atoms with van der Waals surface area (Å²) in [7, 11) is -1.59. The summed E-state index contributed by atoms with van der Waals surface area (Å²) in [4.78, 5) is 12.1. The minimum atomic E-state index is -3.20. The van der Waals surface area contributed by atoms with E-state index in [1.807, 2.05) is 36.4 Å². The highest BCUT2D eigenvalue weighted by Crippen LogP contribution is 2.40. The molecule has 0 saturated heterocycles. The molecule has 10 heteroatoms. The van der Waals surface area contributed by atoms with Crippen molar-refractivity contribution in [2.24, 2.45) is 0 Å². The highest BCUT2D eigenvalue weighted by Gasteiger charge is 2.28. The van der Waals surface area contributed by atoms with Crippen molar-refractivity contribution < 1.29 is 23.1 Å². The molecule has 0 atom stereocenters. The van der Waals surface area contributed by atoms with Crippen molar-refractivity contribution in [3.8, 4) is 5.75 Å². The van der Waals surface area contributed by atoms with Gasteiger partial charge in [0.05, 0.1) is 18.6 Å². The number of sulfone groups is 1. The number of hydrogen-bond acceptors (Lipinski definition) is 7. The number of hydrogen-bond donors (Lipinski definition) is 1. The normalized spacial score (nSPS) is 18.5. The SMILES string of the molecule is COc1ccc(Cn2nnc(C(=O)O)c2S[C@H]2CC[C@H](c3ccc(S(C)(=O)=O)cc3)CC2)cc1. The summed E-state index contributed by atoms with van der Waals surface area (Å²) in [6, 6.07) is 14.7. The number of rotatable bonds is 8. The molecule has 0 unspecified atom stereocenters. The third kappa shape index (κ3) is 5.61. The van der Waals surface area contributed by atoms with E-state index in [4.69, 9.17) is 4.74 Å². The van der Waals surface area contributed by atoms with Crippen LogP contribution in [0.25, 0.3) is 0 Å². The number of aromatic carboxylic acids is 1. The van der Waals surface area contributed by atoms with Crippen LogP contribution in [0.15, 0.2) is 58.5 Å². The fourth-order valence-electron chi connectivity index (χ4n) is 4.22. The van der Waals surface area contributed by atoms with Gasteiger partial charge in [0.2, 0.25) is 5.69 Å². The third-order valence-corrected chi connectivity index (χ3v) is 8.68. The van der Waals surface area contributed by atoms with Crippen molar-refractivity contribution in [1.29, 1.82) is 0 Å². The van der Waals surface area contributed by atoms with Crippen LogP contribution < -0.4 is 4.74 Å². The zero-order valence-corrected chi connectivity index (χ0v) is 20.7. The fourth-order valence-corrected chi connectivity index (χ4v) is 6.14. The number of ether oxygens (including phenoxy) is 1. The Hall–Kier alpha value is -2.85. The molecule has 0 amide bonds. The van der Waals surface area contributed by atoms with Gasteiger partial charge in [0.15, 0.2) is 9.84 Å². The van der Waals surface area contributed by atoms with Gasteiger partial charge in [-0.25, -0.2) is 17.9 Å². The molecule has 3 aromatic rings. The Labute approximate surface area is 203 Å². The van der Waals surface area contributed by atoms with Crippen molar-refractivity contribution in [1.82, 2.24) is 15.0 Å². The smallest absolute Gasteiger partial charge is 0.359 e. The van der Waals surface area contributed by atoms with Crippen LogP contribution >= 0.6 is 11.8 Å². The van der Waals surface area contributed by atoms with Crippen molar-refractivity contribution in [3.05, 3.63) is 65.4 Å². The maximum Gasteiger partial charge on any atom is 0.359 e. The lowest BCUT2D eigenvalue weighted by Gasteiger charge is -2.28. The number of carbonyl (C=O) groups is 1. The predicted octanol–water partition coefficient (Wildman–Crippen LogP) is 4.26. The van der Waals surface area contributed by atoms with Crippen LogP contribution in [0.3, 0.4) is 0 Å². The molecule has 0 aliphatic heterocycles. The zero-order valence-electron chi connectivity index (χ0n) is 19.0. The highest BCUT2D eigenvalue weighted by molar-refractivity contribution is 8.00. The van der Waals surface area contributed by atoms with Gasteiger partial charge >= 0.3 is 5.97 Å². The second-order valence-electron chi connectivity index (χ2n) is 8.49. The number of nitrogens with zero attached hydrogens (tertiary/aromatic N) is 3. The lowest BCUT2D eigenvalue weighted by Crippen LogP contribution is -2.17. The summed E-state index contributed by atoms with van der Waals surface area (Å²) in [6.07, 6.45) is 4.98. The Morgan fingerprint density at radius 2 is 1.74 bits per heavy atom. The maximum atomic E-state index is 11.8. The zero-order chi connectivity index (χ0) is 24.3. The first-order valence-corrected chi connectivity index (χ1v) is 13.8. The molecule has 1 N–H and O–H groups in total. The van der Waals surface area contributed by atoms with Gasteiger partial charge in [0.25, 0.3) is 0 Å². The van der Waals surface area contributed by atoms with E-state index in [1.54, 1.807) is 23.9 Å². The molecule has 1 aromatic heterocycles. The van der Waals surface area contributed by atoms with Crippen LogP contribution in [0.4, 0.5) is 0 Å². The van der Waals surface area contributed by atoms with Gasteiger partial charge in [-0.3, -0.25) is 0 Å². The molecule has 180 valence electrons. The summed E-state index contributed by atoms with van der Waals surface area (Å²) >= 11 is 1.54. The van der Waals surface area contributed by atoms with E-state index >= 15 is 0 Å². The number of carboxylic acid groups (broad SMARTS) is 1. The number of aromatic nitrogens is 3. The van der Waals surface area contributed by atoms with Gasteiger partial charge in [-0.15, -0.1) is 16.9 Å². The average molecular weight is 502 g/mol. The summed E-state index contributed by atoms with van der Waals surface area (Å²) in [5.74, 6) is 0.0424.